The highest BCUT2D eigenvalue weighted by molar-refractivity contribution is 5.77. The van der Waals surface area contributed by atoms with Crippen molar-refractivity contribution in [2.45, 2.75) is 51.1 Å². The zero-order valence-electron chi connectivity index (χ0n) is 11.8. The molecule has 1 amide bonds. The first-order valence-electron chi connectivity index (χ1n) is 7.35. The van der Waals surface area contributed by atoms with Gasteiger partial charge in [0.2, 0.25) is 0 Å². The number of carbonyl (C=O) groups is 1. The highest BCUT2D eigenvalue weighted by Crippen LogP contribution is 2.17. The van der Waals surface area contributed by atoms with E-state index in [0.717, 1.165) is 18.5 Å². The number of nitrogens with zero attached hydrogens (tertiary/aromatic N) is 1. The van der Waals surface area contributed by atoms with Gasteiger partial charge in [-0.25, -0.2) is 0 Å². The van der Waals surface area contributed by atoms with Crippen LogP contribution in [0.15, 0.2) is 18.3 Å². The summed E-state index contributed by atoms with van der Waals surface area (Å²) in [7, 11) is 0. The van der Waals surface area contributed by atoms with Gasteiger partial charge in [-0.2, -0.15) is 0 Å². The van der Waals surface area contributed by atoms with Gasteiger partial charge in [0.25, 0.3) is 5.91 Å². The van der Waals surface area contributed by atoms with E-state index in [1.807, 2.05) is 0 Å². The minimum atomic E-state index is -0.0557. The Kier molecular flexibility index (Phi) is 5.80. The van der Waals surface area contributed by atoms with E-state index in [1.165, 1.54) is 25.7 Å². The molecule has 1 saturated carbocycles. The molecule has 1 aliphatic carbocycles. The smallest absolute Gasteiger partial charge is 0.258 e. The molecule has 0 aromatic carbocycles. The van der Waals surface area contributed by atoms with Crippen LogP contribution >= 0.6 is 0 Å². The molecule has 0 unspecified atom stereocenters. The molecule has 110 valence electrons. The highest BCUT2D eigenvalue weighted by Gasteiger charge is 2.14. The largest absolute Gasteiger partial charge is 0.482 e. The van der Waals surface area contributed by atoms with Crippen LogP contribution in [0.2, 0.25) is 0 Å². The number of pyridine rings is 1. The van der Waals surface area contributed by atoms with Crippen LogP contribution in [-0.4, -0.2) is 23.5 Å². The van der Waals surface area contributed by atoms with Crippen molar-refractivity contribution in [2.24, 2.45) is 5.73 Å². The van der Waals surface area contributed by atoms with E-state index in [2.05, 4.69) is 10.3 Å². The van der Waals surface area contributed by atoms with Crippen molar-refractivity contribution in [3.63, 3.8) is 0 Å². The molecule has 0 aliphatic heterocycles. The summed E-state index contributed by atoms with van der Waals surface area (Å²) in [4.78, 5) is 16.0. The van der Waals surface area contributed by atoms with Gasteiger partial charge in [-0.15, -0.1) is 0 Å². The van der Waals surface area contributed by atoms with Crippen LogP contribution in [0, 0.1) is 0 Å². The Morgan fingerprint density at radius 2 is 2.05 bits per heavy atom. The van der Waals surface area contributed by atoms with Crippen molar-refractivity contribution in [1.29, 1.82) is 0 Å². The van der Waals surface area contributed by atoms with E-state index in [0.29, 0.717) is 18.3 Å². The zero-order valence-corrected chi connectivity index (χ0v) is 11.8. The SMILES string of the molecule is NCc1ccc(OCC(=O)NC2CCCCCC2)cn1. The van der Waals surface area contributed by atoms with E-state index < -0.39 is 0 Å². The molecule has 1 aliphatic rings. The third kappa shape index (κ3) is 4.81. The van der Waals surface area contributed by atoms with Crippen molar-refractivity contribution in [3.05, 3.63) is 24.0 Å². The fourth-order valence-electron chi connectivity index (χ4n) is 2.46. The third-order valence-electron chi connectivity index (χ3n) is 3.60. The zero-order chi connectivity index (χ0) is 14.2. The number of hydrogen-bond acceptors (Lipinski definition) is 4. The first kappa shape index (κ1) is 14.8. The lowest BCUT2D eigenvalue weighted by Gasteiger charge is -2.16. The van der Waals surface area contributed by atoms with E-state index in [9.17, 15) is 4.79 Å². The van der Waals surface area contributed by atoms with Gasteiger partial charge in [0, 0.05) is 12.6 Å². The second kappa shape index (κ2) is 7.85. The minimum absolute atomic E-state index is 0.0418. The molecule has 1 heterocycles. The van der Waals surface area contributed by atoms with Gasteiger partial charge in [0.1, 0.15) is 5.75 Å². The number of nitrogens with one attached hydrogen (secondary N) is 1. The molecule has 5 nitrogen and oxygen atoms in total. The summed E-state index contributed by atoms with van der Waals surface area (Å²) < 4.78 is 5.42. The summed E-state index contributed by atoms with van der Waals surface area (Å²) in [6.07, 6.45) is 8.73. The summed E-state index contributed by atoms with van der Waals surface area (Å²) >= 11 is 0. The van der Waals surface area contributed by atoms with Gasteiger partial charge in [-0.05, 0) is 25.0 Å². The Bertz CT molecular complexity index is 412. The molecule has 0 saturated heterocycles. The van der Waals surface area contributed by atoms with Gasteiger partial charge in [-0.3, -0.25) is 9.78 Å². The maximum atomic E-state index is 11.8. The number of rotatable bonds is 5. The Hall–Kier alpha value is -1.62. The molecule has 2 rings (SSSR count). The lowest BCUT2D eigenvalue weighted by atomic mass is 10.1. The summed E-state index contributed by atoms with van der Waals surface area (Å²) in [5, 5.41) is 3.05. The lowest BCUT2D eigenvalue weighted by Crippen LogP contribution is -2.37. The Morgan fingerprint density at radius 1 is 1.30 bits per heavy atom. The molecule has 3 N–H and O–H groups in total. The molecule has 0 spiro atoms. The van der Waals surface area contributed by atoms with Crippen LogP contribution in [-0.2, 0) is 11.3 Å². The van der Waals surface area contributed by atoms with Crippen LogP contribution < -0.4 is 15.8 Å². The van der Waals surface area contributed by atoms with E-state index in [-0.39, 0.29) is 12.5 Å². The monoisotopic (exact) mass is 277 g/mol. The number of nitrogens with two attached hydrogens (primary N) is 1. The van der Waals surface area contributed by atoms with Crippen molar-refractivity contribution >= 4 is 5.91 Å². The molecule has 1 aromatic heterocycles. The van der Waals surface area contributed by atoms with Crippen molar-refractivity contribution in [2.75, 3.05) is 6.61 Å². The van der Waals surface area contributed by atoms with Crippen molar-refractivity contribution in [3.8, 4) is 5.75 Å². The summed E-state index contributed by atoms with van der Waals surface area (Å²) in [5.41, 5.74) is 6.28. The average molecular weight is 277 g/mol. The molecule has 5 heteroatoms. The lowest BCUT2D eigenvalue weighted by molar-refractivity contribution is -0.123. The third-order valence-corrected chi connectivity index (χ3v) is 3.60. The molecule has 0 radical (unpaired) electrons. The van der Waals surface area contributed by atoms with Crippen molar-refractivity contribution in [1.82, 2.24) is 10.3 Å². The number of aromatic nitrogens is 1. The number of hydrogen-bond donors (Lipinski definition) is 2. The molecule has 1 fully saturated rings. The predicted octanol–water partition coefficient (Wildman–Crippen LogP) is 1.76. The normalized spacial score (nSPS) is 16.4. The van der Waals surface area contributed by atoms with Gasteiger partial charge in [0.05, 0.1) is 11.9 Å². The van der Waals surface area contributed by atoms with Gasteiger partial charge in [-0.1, -0.05) is 25.7 Å². The van der Waals surface area contributed by atoms with Gasteiger partial charge >= 0.3 is 0 Å². The van der Waals surface area contributed by atoms with E-state index in [4.69, 9.17) is 10.5 Å². The topological polar surface area (TPSA) is 77.2 Å². The van der Waals surface area contributed by atoms with Crippen LogP contribution in [0.4, 0.5) is 0 Å². The minimum Gasteiger partial charge on any atom is -0.482 e. The second-order valence-electron chi connectivity index (χ2n) is 5.23. The summed E-state index contributed by atoms with van der Waals surface area (Å²) in [5.74, 6) is 0.540. The molecule has 20 heavy (non-hydrogen) atoms. The van der Waals surface area contributed by atoms with Crippen molar-refractivity contribution < 1.29 is 9.53 Å². The van der Waals surface area contributed by atoms with E-state index in [1.54, 1.807) is 18.3 Å². The fraction of sp³-hybridized carbons (Fsp3) is 0.600. The maximum absolute atomic E-state index is 11.8. The number of carbonyl (C=O) groups excluding carboxylic acids is 1. The Morgan fingerprint density at radius 3 is 2.65 bits per heavy atom. The average Bonchev–Trinajstić information content (AvgIpc) is 2.74. The van der Waals surface area contributed by atoms with E-state index >= 15 is 0 Å². The Balaban J connectivity index is 1.73. The van der Waals surface area contributed by atoms with Crippen LogP contribution in [0.3, 0.4) is 0 Å². The maximum Gasteiger partial charge on any atom is 0.258 e. The molecular formula is C15H23N3O2. The molecule has 1 aromatic rings. The summed E-state index contributed by atoms with van der Waals surface area (Å²) in [6, 6.07) is 3.90. The molecular weight excluding hydrogens is 254 g/mol. The van der Waals surface area contributed by atoms with Gasteiger partial charge in [0.15, 0.2) is 6.61 Å². The quantitative estimate of drug-likeness (QED) is 0.804. The Labute approximate surface area is 119 Å². The first-order chi connectivity index (χ1) is 9.78. The summed E-state index contributed by atoms with van der Waals surface area (Å²) in [6.45, 7) is 0.447. The van der Waals surface area contributed by atoms with Crippen LogP contribution in [0.25, 0.3) is 0 Å². The highest BCUT2D eigenvalue weighted by atomic mass is 16.5. The molecule has 0 atom stereocenters. The molecule has 0 bridgehead atoms. The first-order valence-corrected chi connectivity index (χ1v) is 7.35. The second-order valence-corrected chi connectivity index (χ2v) is 5.23. The predicted molar refractivity (Wildman–Crippen MR) is 77.3 cm³/mol. The van der Waals surface area contributed by atoms with Crippen LogP contribution in [0.5, 0.6) is 5.75 Å². The number of amides is 1. The van der Waals surface area contributed by atoms with Crippen LogP contribution in [0.1, 0.15) is 44.2 Å². The fourth-order valence-corrected chi connectivity index (χ4v) is 2.46. The number of ether oxygens (including phenoxy) is 1. The standard InChI is InChI=1S/C15H23N3O2/c16-9-13-7-8-14(10-17-13)20-11-15(19)18-12-5-3-1-2-4-6-12/h7-8,10,12H,1-6,9,11,16H2,(H,18,19). The van der Waals surface area contributed by atoms with Gasteiger partial charge < -0.3 is 15.8 Å².